The fraction of sp³-hybridized carbons (Fsp3) is 0.389. The number of hydrogen-bond acceptors (Lipinski definition) is 6. The molecule has 1 aliphatic rings. The molecule has 0 amide bonds. The second-order valence-electron chi connectivity index (χ2n) is 6.04. The molecule has 1 saturated heterocycles. The van der Waals surface area contributed by atoms with Crippen molar-refractivity contribution in [3.05, 3.63) is 47.8 Å². The molecule has 24 heavy (non-hydrogen) atoms. The molecule has 0 bridgehead atoms. The van der Waals surface area contributed by atoms with Crippen molar-refractivity contribution in [2.45, 2.75) is 37.6 Å². The number of pyridine rings is 1. The first-order valence-corrected chi connectivity index (χ1v) is 8.86. The van der Waals surface area contributed by atoms with Gasteiger partial charge in [0, 0.05) is 23.7 Å². The molecule has 0 radical (unpaired) electrons. The number of nitrogens with zero attached hydrogens (tertiary/aromatic N) is 1. The molecule has 3 rings (SSSR count). The number of benzene rings is 1. The molecule has 6 heteroatoms. The van der Waals surface area contributed by atoms with E-state index in [0.29, 0.717) is 11.5 Å². The summed E-state index contributed by atoms with van der Waals surface area (Å²) in [7, 11) is 0. The van der Waals surface area contributed by atoms with E-state index < -0.39 is 23.7 Å². The zero-order valence-electron chi connectivity index (χ0n) is 13.6. The van der Waals surface area contributed by atoms with Crippen LogP contribution in [0.15, 0.2) is 36.7 Å². The van der Waals surface area contributed by atoms with E-state index in [1.54, 1.807) is 6.20 Å². The zero-order valence-corrected chi connectivity index (χ0v) is 14.4. The van der Waals surface area contributed by atoms with Crippen LogP contribution >= 0.6 is 11.8 Å². The third-order valence-corrected chi connectivity index (χ3v) is 5.40. The molecule has 0 aliphatic carbocycles. The maximum Gasteiger partial charge on any atom is 0.173 e. The summed E-state index contributed by atoms with van der Waals surface area (Å²) in [4.78, 5) is 4.17. The Labute approximate surface area is 145 Å². The molecular weight excluding hydrogens is 326 g/mol. The summed E-state index contributed by atoms with van der Waals surface area (Å²) in [5.41, 5.74) is 3.65. The number of hydrogen-bond donors (Lipinski definition) is 3. The van der Waals surface area contributed by atoms with E-state index in [4.69, 9.17) is 4.74 Å². The van der Waals surface area contributed by atoms with Crippen LogP contribution in [0.2, 0.25) is 0 Å². The van der Waals surface area contributed by atoms with Gasteiger partial charge in [0.25, 0.3) is 0 Å². The highest BCUT2D eigenvalue weighted by molar-refractivity contribution is 7.99. The minimum atomic E-state index is -1.19. The van der Waals surface area contributed by atoms with Gasteiger partial charge in [-0.05, 0) is 48.7 Å². The lowest BCUT2D eigenvalue weighted by molar-refractivity contribution is -0.0786. The molecule has 0 saturated carbocycles. The minimum absolute atomic E-state index is 0.328. The molecular formula is C18H21NO4S. The Hall–Kier alpha value is -1.60. The molecule has 1 aromatic heterocycles. The molecule has 0 unspecified atom stereocenters. The lowest BCUT2D eigenvalue weighted by atomic mass is 9.96. The number of ether oxygens (including phenoxy) is 1. The average molecular weight is 347 g/mol. The van der Waals surface area contributed by atoms with Crippen LogP contribution in [-0.4, -0.2) is 49.8 Å². The first kappa shape index (κ1) is 17.2. The van der Waals surface area contributed by atoms with Gasteiger partial charge in [0.15, 0.2) is 5.44 Å². The van der Waals surface area contributed by atoms with Gasteiger partial charge in [-0.3, -0.25) is 4.98 Å². The number of aliphatic hydroxyl groups excluding tert-OH is 3. The summed E-state index contributed by atoms with van der Waals surface area (Å²) in [6.07, 6.45) is 0.327. The zero-order chi connectivity index (χ0) is 17.3. The molecule has 128 valence electrons. The fourth-order valence-electron chi connectivity index (χ4n) is 2.97. The van der Waals surface area contributed by atoms with Crippen molar-refractivity contribution in [1.82, 2.24) is 4.98 Å². The largest absolute Gasteiger partial charge is 0.477 e. The van der Waals surface area contributed by atoms with Crippen molar-refractivity contribution in [3.8, 4) is 16.9 Å². The maximum atomic E-state index is 10.1. The quantitative estimate of drug-likeness (QED) is 0.787. The number of aromatic nitrogens is 1. The van der Waals surface area contributed by atoms with Crippen molar-refractivity contribution in [1.29, 1.82) is 0 Å². The Morgan fingerprint density at radius 1 is 1.12 bits per heavy atom. The summed E-state index contributed by atoms with van der Waals surface area (Å²) in [5, 5.41) is 29.5. The second-order valence-corrected chi connectivity index (χ2v) is 7.17. The smallest absolute Gasteiger partial charge is 0.173 e. The number of aliphatic hydroxyl groups is 3. The molecule has 1 aliphatic heterocycles. The van der Waals surface area contributed by atoms with E-state index in [1.807, 2.05) is 44.3 Å². The van der Waals surface area contributed by atoms with E-state index in [0.717, 1.165) is 22.3 Å². The SMILES string of the molecule is Cc1cc(O[C@H]2SC[C@@H](O)[C@H](O)[C@H]2O)cc(C)c1-c1cccnc1. The predicted molar refractivity (Wildman–Crippen MR) is 94.0 cm³/mol. The van der Waals surface area contributed by atoms with Gasteiger partial charge in [-0.1, -0.05) is 6.07 Å². The topological polar surface area (TPSA) is 82.8 Å². The van der Waals surface area contributed by atoms with Crippen LogP contribution in [0.3, 0.4) is 0 Å². The first-order chi connectivity index (χ1) is 11.5. The van der Waals surface area contributed by atoms with Crippen LogP contribution in [0, 0.1) is 13.8 Å². The van der Waals surface area contributed by atoms with Crippen LogP contribution < -0.4 is 4.74 Å². The van der Waals surface area contributed by atoms with Crippen LogP contribution in [0.4, 0.5) is 0 Å². The summed E-state index contributed by atoms with van der Waals surface area (Å²) < 4.78 is 5.87. The van der Waals surface area contributed by atoms with Gasteiger partial charge in [0.05, 0.1) is 6.10 Å². The first-order valence-electron chi connectivity index (χ1n) is 7.81. The molecule has 0 spiro atoms. The Morgan fingerprint density at radius 3 is 2.46 bits per heavy atom. The molecule has 1 aromatic carbocycles. The number of rotatable bonds is 3. The predicted octanol–water partition coefficient (Wildman–Crippen LogP) is 1.90. The third kappa shape index (κ3) is 3.42. The Morgan fingerprint density at radius 2 is 1.83 bits per heavy atom. The van der Waals surface area contributed by atoms with E-state index in [2.05, 4.69) is 4.98 Å². The van der Waals surface area contributed by atoms with E-state index >= 15 is 0 Å². The van der Waals surface area contributed by atoms with Crippen LogP contribution in [0.1, 0.15) is 11.1 Å². The lowest BCUT2D eigenvalue weighted by Crippen LogP contribution is -2.50. The van der Waals surface area contributed by atoms with E-state index in [-0.39, 0.29) is 0 Å². The maximum absolute atomic E-state index is 10.1. The normalized spacial score (nSPS) is 27.0. The summed E-state index contributed by atoms with van der Waals surface area (Å²) >= 11 is 1.30. The Balaban J connectivity index is 1.83. The van der Waals surface area contributed by atoms with Gasteiger partial charge in [0.2, 0.25) is 0 Å². The number of aryl methyl sites for hydroxylation is 2. The highest BCUT2D eigenvalue weighted by Crippen LogP contribution is 2.34. The molecule has 5 nitrogen and oxygen atoms in total. The molecule has 2 aromatic rings. The Bertz CT molecular complexity index is 686. The summed E-state index contributed by atoms with van der Waals surface area (Å²) in [5.74, 6) is 0.965. The minimum Gasteiger partial charge on any atom is -0.477 e. The highest BCUT2D eigenvalue weighted by atomic mass is 32.2. The van der Waals surface area contributed by atoms with Gasteiger partial charge in [0.1, 0.15) is 18.0 Å². The van der Waals surface area contributed by atoms with Crippen molar-refractivity contribution >= 4 is 11.8 Å². The summed E-state index contributed by atoms with van der Waals surface area (Å²) in [6.45, 7) is 4.01. The number of thioether (sulfide) groups is 1. The van der Waals surface area contributed by atoms with Crippen molar-refractivity contribution in [2.24, 2.45) is 0 Å². The van der Waals surface area contributed by atoms with Gasteiger partial charge < -0.3 is 20.1 Å². The lowest BCUT2D eigenvalue weighted by Gasteiger charge is -2.34. The molecule has 4 atom stereocenters. The van der Waals surface area contributed by atoms with Gasteiger partial charge >= 0.3 is 0 Å². The van der Waals surface area contributed by atoms with Gasteiger partial charge in [-0.2, -0.15) is 0 Å². The highest BCUT2D eigenvalue weighted by Gasteiger charge is 2.38. The fourth-order valence-corrected chi connectivity index (χ4v) is 4.10. The van der Waals surface area contributed by atoms with E-state index in [9.17, 15) is 15.3 Å². The Kier molecular flexibility index (Phi) is 5.10. The van der Waals surface area contributed by atoms with E-state index in [1.165, 1.54) is 11.8 Å². The molecule has 1 fully saturated rings. The van der Waals surface area contributed by atoms with Gasteiger partial charge in [-0.15, -0.1) is 11.8 Å². The summed E-state index contributed by atoms with van der Waals surface area (Å²) in [6, 6.07) is 7.75. The van der Waals surface area contributed by atoms with Crippen LogP contribution in [0.25, 0.3) is 11.1 Å². The standard InChI is InChI=1S/C18H21NO4S/c1-10-6-13(23-18-17(22)16(21)14(20)9-24-18)7-11(2)15(10)12-4-3-5-19-8-12/h3-8,14,16-18,20-22H,9H2,1-2H3/t14-,16+,17-,18+/m1/s1. The van der Waals surface area contributed by atoms with Crippen LogP contribution in [-0.2, 0) is 0 Å². The van der Waals surface area contributed by atoms with Crippen molar-refractivity contribution < 1.29 is 20.1 Å². The monoisotopic (exact) mass is 347 g/mol. The third-order valence-electron chi connectivity index (χ3n) is 4.16. The van der Waals surface area contributed by atoms with Gasteiger partial charge in [-0.25, -0.2) is 0 Å². The molecule has 3 N–H and O–H groups in total. The average Bonchev–Trinajstić information content (AvgIpc) is 2.56. The van der Waals surface area contributed by atoms with Crippen molar-refractivity contribution in [2.75, 3.05) is 5.75 Å². The van der Waals surface area contributed by atoms with Crippen molar-refractivity contribution in [3.63, 3.8) is 0 Å². The second kappa shape index (κ2) is 7.11. The molecule has 2 heterocycles. The van der Waals surface area contributed by atoms with Crippen LogP contribution in [0.5, 0.6) is 5.75 Å².